The molecular weight excluding hydrogens is 460 g/mol. The summed E-state index contributed by atoms with van der Waals surface area (Å²) in [5.74, 6) is -0.691. The highest BCUT2D eigenvalue weighted by molar-refractivity contribution is 5.78. The van der Waals surface area contributed by atoms with Crippen LogP contribution < -0.4 is 5.32 Å². The normalized spacial score (nSPS) is 21.3. The smallest absolute Gasteiger partial charge is 0.410 e. The molecule has 2 amide bonds. The number of rotatable bonds is 2. The summed E-state index contributed by atoms with van der Waals surface area (Å²) in [5, 5.41) is 2.99. The summed E-state index contributed by atoms with van der Waals surface area (Å²) in [4.78, 5) is 51.6. The Bertz CT molecular complexity index is 747. The molecule has 0 radical (unpaired) electrons. The Labute approximate surface area is 208 Å². The van der Waals surface area contributed by atoms with E-state index in [-0.39, 0.29) is 24.6 Å². The van der Waals surface area contributed by atoms with E-state index in [1.54, 1.807) is 4.90 Å². The van der Waals surface area contributed by atoms with Crippen LogP contribution in [-0.2, 0) is 28.5 Å². The van der Waals surface area contributed by atoms with Crippen LogP contribution in [0.15, 0.2) is 0 Å². The van der Waals surface area contributed by atoms with Gasteiger partial charge < -0.3 is 34.1 Å². The predicted molar refractivity (Wildman–Crippen MR) is 128 cm³/mol. The van der Waals surface area contributed by atoms with Gasteiger partial charge in [0.1, 0.15) is 23.3 Å². The summed E-state index contributed by atoms with van der Waals surface area (Å²) < 4.78 is 19.9. The molecule has 2 aliphatic rings. The lowest BCUT2D eigenvalue weighted by atomic mass is 10.2. The van der Waals surface area contributed by atoms with Crippen LogP contribution in [-0.4, -0.2) is 123 Å². The largest absolute Gasteiger partial charge is 0.468 e. The summed E-state index contributed by atoms with van der Waals surface area (Å²) in [7, 11) is 4.52. The van der Waals surface area contributed by atoms with Crippen molar-refractivity contribution in [1.29, 1.82) is 0 Å². The first-order valence-electron chi connectivity index (χ1n) is 11.6. The number of nitrogens with zero attached hydrogens (tertiary/aromatic N) is 3. The molecule has 12 heteroatoms. The van der Waals surface area contributed by atoms with Gasteiger partial charge in [-0.2, -0.15) is 0 Å². The van der Waals surface area contributed by atoms with E-state index in [4.69, 9.17) is 14.2 Å². The van der Waals surface area contributed by atoms with Crippen molar-refractivity contribution < 1.29 is 38.1 Å². The van der Waals surface area contributed by atoms with Gasteiger partial charge in [0, 0.05) is 26.2 Å². The molecule has 2 saturated heterocycles. The van der Waals surface area contributed by atoms with Gasteiger partial charge in [0.15, 0.2) is 0 Å². The van der Waals surface area contributed by atoms with Crippen molar-refractivity contribution in [3.05, 3.63) is 0 Å². The maximum absolute atomic E-state index is 11.9. The maximum Gasteiger partial charge on any atom is 0.410 e. The van der Waals surface area contributed by atoms with Gasteiger partial charge in [-0.3, -0.25) is 14.5 Å². The fraction of sp³-hybridized carbons (Fsp3) is 0.826. The Morgan fingerprint density at radius 2 is 1.23 bits per heavy atom. The van der Waals surface area contributed by atoms with Crippen LogP contribution in [0.2, 0.25) is 0 Å². The molecule has 0 aliphatic carbocycles. The molecule has 2 atom stereocenters. The lowest BCUT2D eigenvalue weighted by Gasteiger charge is -2.38. The zero-order chi connectivity index (χ0) is 27.0. The average Bonchev–Trinajstić information content (AvgIpc) is 2.76. The number of piperazine rings is 2. The van der Waals surface area contributed by atoms with Crippen molar-refractivity contribution in [1.82, 2.24) is 20.0 Å². The van der Waals surface area contributed by atoms with Crippen LogP contribution in [0.1, 0.15) is 41.5 Å². The summed E-state index contributed by atoms with van der Waals surface area (Å²) >= 11 is 0. The second-order valence-corrected chi connectivity index (χ2v) is 10.4. The Morgan fingerprint density at radius 3 is 1.69 bits per heavy atom. The minimum atomic E-state index is -0.527. The van der Waals surface area contributed by atoms with Gasteiger partial charge in [-0.1, -0.05) is 0 Å². The molecule has 1 N–H and O–H groups in total. The Morgan fingerprint density at radius 1 is 0.743 bits per heavy atom. The van der Waals surface area contributed by atoms with Gasteiger partial charge in [0.2, 0.25) is 0 Å². The molecule has 2 heterocycles. The molecule has 202 valence electrons. The zero-order valence-electron chi connectivity index (χ0n) is 22.5. The van der Waals surface area contributed by atoms with Crippen LogP contribution >= 0.6 is 0 Å². The van der Waals surface area contributed by atoms with Crippen LogP contribution in [0.4, 0.5) is 9.59 Å². The molecule has 0 saturated carbocycles. The van der Waals surface area contributed by atoms with Crippen LogP contribution in [0, 0.1) is 0 Å². The standard InChI is InChI=1S/C12H22N2O4.C11H20N2O4/c1-12(2,3)18-11(16)14-7-6-13(4)9(8-14)10(15)17-5;1-11(2,3)17-10(15)13-6-5-12-8(7-13)9(14)16-4/h9H,6-8H2,1-5H3;8,12H,5-7H2,1-4H3/t9-;8-/m11/s1. The molecular formula is C23H42N4O8. The molecule has 0 aromatic rings. The number of carbonyl (C=O) groups excluding carboxylic acids is 4. The van der Waals surface area contributed by atoms with Crippen LogP contribution in [0.5, 0.6) is 0 Å². The highest BCUT2D eigenvalue weighted by Crippen LogP contribution is 2.15. The number of esters is 2. The van der Waals surface area contributed by atoms with E-state index in [1.807, 2.05) is 53.5 Å². The molecule has 0 aromatic carbocycles. The van der Waals surface area contributed by atoms with E-state index in [9.17, 15) is 19.2 Å². The third-order valence-electron chi connectivity index (χ3n) is 5.09. The van der Waals surface area contributed by atoms with Gasteiger partial charge in [-0.15, -0.1) is 0 Å². The first kappa shape index (κ1) is 30.4. The minimum absolute atomic E-state index is 0.279. The summed E-state index contributed by atoms with van der Waals surface area (Å²) in [5.41, 5.74) is -1.05. The van der Waals surface area contributed by atoms with E-state index in [0.29, 0.717) is 32.7 Å². The number of methoxy groups -OCH3 is 2. The lowest BCUT2D eigenvalue weighted by molar-refractivity contribution is -0.148. The molecule has 2 aliphatic heterocycles. The monoisotopic (exact) mass is 502 g/mol. The first-order valence-corrected chi connectivity index (χ1v) is 11.6. The lowest BCUT2D eigenvalue weighted by Crippen LogP contribution is -2.57. The summed E-state index contributed by atoms with van der Waals surface area (Å²) in [6.07, 6.45) is -0.780. The molecule has 0 spiro atoms. The molecule has 35 heavy (non-hydrogen) atoms. The number of amides is 2. The maximum atomic E-state index is 11.9. The number of hydrogen-bond donors (Lipinski definition) is 1. The summed E-state index contributed by atoms with van der Waals surface area (Å²) in [6.45, 7) is 13.7. The van der Waals surface area contributed by atoms with Crippen LogP contribution in [0.25, 0.3) is 0 Å². The fourth-order valence-corrected chi connectivity index (χ4v) is 3.30. The Hall–Kier alpha value is -2.60. The zero-order valence-corrected chi connectivity index (χ0v) is 22.5. The number of likely N-dealkylation sites (N-methyl/N-ethyl adjacent to an activating group) is 1. The summed E-state index contributed by atoms with van der Waals surface area (Å²) in [6, 6.07) is -0.891. The van der Waals surface area contributed by atoms with E-state index in [1.165, 1.54) is 19.1 Å². The highest BCUT2D eigenvalue weighted by atomic mass is 16.6. The van der Waals surface area contributed by atoms with Crippen LogP contribution in [0.3, 0.4) is 0 Å². The van der Waals surface area contributed by atoms with E-state index in [0.717, 1.165) is 0 Å². The molecule has 0 aromatic heterocycles. The predicted octanol–water partition coefficient (Wildman–Crippen LogP) is 1.08. The average molecular weight is 503 g/mol. The van der Waals surface area contributed by atoms with E-state index < -0.39 is 29.4 Å². The Balaban J connectivity index is 0.000000351. The SMILES string of the molecule is COC(=O)[C@H]1CN(C(=O)OC(C)(C)C)CCN1.COC(=O)[C@H]1CN(C(=O)OC(C)(C)C)CCN1C. The quantitative estimate of drug-likeness (QED) is 0.433. The van der Waals surface area contributed by atoms with Crippen molar-refractivity contribution >= 4 is 24.1 Å². The molecule has 12 nitrogen and oxygen atoms in total. The molecule has 2 fully saturated rings. The fourth-order valence-electron chi connectivity index (χ4n) is 3.30. The molecule has 0 unspecified atom stereocenters. The Kier molecular flexibility index (Phi) is 11.2. The van der Waals surface area contributed by atoms with Gasteiger partial charge in [0.25, 0.3) is 0 Å². The van der Waals surface area contributed by atoms with Gasteiger partial charge in [-0.25, -0.2) is 9.59 Å². The van der Waals surface area contributed by atoms with Crippen molar-refractivity contribution in [3.8, 4) is 0 Å². The van der Waals surface area contributed by atoms with Crippen molar-refractivity contribution in [2.24, 2.45) is 0 Å². The van der Waals surface area contributed by atoms with Gasteiger partial charge in [0.05, 0.1) is 27.3 Å². The topological polar surface area (TPSA) is 127 Å². The third-order valence-corrected chi connectivity index (χ3v) is 5.09. The first-order chi connectivity index (χ1) is 16.1. The second-order valence-electron chi connectivity index (χ2n) is 10.4. The minimum Gasteiger partial charge on any atom is -0.468 e. The third kappa shape index (κ3) is 10.7. The van der Waals surface area contributed by atoms with Gasteiger partial charge in [-0.05, 0) is 48.6 Å². The molecule has 0 bridgehead atoms. The van der Waals surface area contributed by atoms with Gasteiger partial charge >= 0.3 is 24.1 Å². The van der Waals surface area contributed by atoms with E-state index in [2.05, 4.69) is 10.1 Å². The van der Waals surface area contributed by atoms with Crippen molar-refractivity contribution in [2.75, 3.05) is 60.5 Å². The van der Waals surface area contributed by atoms with Crippen molar-refractivity contribution in [2.45, 2.75) is 64.8 Å². The number of hydrogen-bond acceptors (Lipinski definition) is 10. The second kappa shape index (κ2) is 12.9. The number of ether oxygens (including phenoxy) is 4. The molecule has 2 rings (SSSR count). The number of carbonyl (C=O) groups is 4. The highest BCUT2D eigenvalue weighted by Gasteiger charge is 2.35. The van der Waals surface area contributed by atoms with Crippen molar-refractivity contribution in [3.63, 3.8) is 0 Å². The number of nitrogens with one attached hydrogen (secondary N) is 1. The van der Waals surface area contributed by atoms with E-state index >= 15 is 0 Å².